The number of rotatable bonds is 3. The fourth-order valence-electron chi connectivity index (χ4n) is 0.569. The fraction of sp³-hybridized carbons (Fsp3) is 0.750. The summed E-state index contributed by atoms with van der Waals surface area (Å²) in [6.07, 6.45) is -11.7. The molecule has 0 aromatic carbocycles. The van der Waals surface area contributed by atoms with Crippen molar-refractivity contribution in [3.05, 3.63) is 11.3 Å². The van der Waals surface area contributed by atoms with Crippen LogP contribution in [0.3, 0.4) is 0 Å². The van der Waals surface area contributed by atoms with Gasteiger partial charge in [0.15, 0.2) is 0 Å². The molecule has 0 spiro atoms. The van der Waals surface area contributed by atoms with Gasteiger partial charge in [-0.3, -0.25) is 0 Å². The molecule has 0 aromatic heterocycles. The first kappa shape index (κ1) is 13.2. The van der Waals surface area contributed by atoms with Gasteiger partial charge in [0.2, 0.25) is 0 Å². The van der Waals surface area contributed by atoms with E-state index in [1.807, 2.05) is 0 Å². The molecule has 0 aliphatic carbocycles. The van der Waals surface area contributed by atoms with Crippen molar-refractivity contribution in [3.8, 4) is 0 Å². The summed E-state index contributed by atoms with van der Waals surface area (Å²) in [4.78, 5) is 0. The summed E-state index contributed by atoms with van der Waals surface area (Å²) in [5, 5.41) is 0. The molecule has 0 radical (unpaired) electrons. The van der Waals surface area contributed by atoms with Crippen molar-refractivity contribution in [1.82, 2.24) is 0 Å². The van der Waals surface area contributed by atoms with E-state index in [4.69, 9.17) is 0 Å². The predicted octanol–water partition coefficient (Wildman–Crippen LogP) is 3.51. The minimum Gasteiger partial charge on any atom is -0.480 e. The number of allylic oxidation sites excluding steroid dienone is 2. The SMILES string of the molecule is CC(C)=C(C)OC(C(F)F)C(F)(F)F. The average Bonchev–Trinajstić information content (AvgIpc) is 1.96. The van der Waals surface area contributed by atoms with Crippen LogP contribution in [0.5, 0.6) is 0 Å². The third-order valence-electron chi connectivity index (χ3n) is 1.56. The van der Waals surface area contributed by atoms with Crippen molar-refractivity contribution in [2.24, 2.45) is 0 Å². The molecule has 1 atom stereocenters. The van der Waals surface area contributed by atoms with Gasteiger partial charge in [-0.25, -0.2) is 8.78 Å². The first-order chi connectivity index (χ1) is 6.16. The van der Waals surface area contributed by atoms with Crippen LogP contribution < -0.4 is 0 Å². The fourth-order valence-corrected chi connectivity index (χ4v) is 0.569. The highest BCUT2D eigenvalue weighted by atomic mass is 19.4. The minimum atomic E-state index is -5.05. The highest BCUT2D eigenvalue weighted by Gasteiger charge is 2.48. The normalized spacial score (nSPS) is 14.1. The van der Waals surface area contributed by atoms with E-state index in [0.29, 0.717) is 5.57 Å². The Kier molecular flexibility index (Phi) is 4.35. The molecule has 14 heavy (non-hydrogen) atoms. The smallest absolute Gasteiger partial charge is 0.431 e. The molecule has 0 heterocycles. The monoisotopic (exact) mass is 218 g/mol. The second kappa shape index (κ2) is 4.61. The molecular weight excluding hydrogens is 207 g/mol. The van der Waals surface area contributed by atoms with E-state index >= 15 is 0 Å². The molecule has 0 saturated carbocycles. The molecule has 84 valence electrons. The highest BCUT2D eigenvalue weighted by Crippen LogP contribution is 2.29. The van der Waals surface area contributed by atoms with Gasteiger partial charge in [-0.15, -0.1) is 0 Å². The minimum absolute atomic E-state index is 0.132. The molecule has 0 aliphatic rings. The van der Waals surface area contributed by atoms with E-state index in [9.17, 15) is 22.0 Å². The van der Waals surface area contributed by atoms with Crippen LogP contribution in [0.15, 0.2) is 11.3 Å². The Morgan fingerprint density at radius 1 is 1.07 bits per heavy atom. The lowest BCUT2D eigenvalue weighted by Gasteiger charge is -2.21. The van der Waals surface area contributed by atoms with Gasteiger partial charge >= 0.3 is 6.18 Å². The predicted molar refractivity (Wildman–Crippen MR) is 41.0 cm³/mol. The van der Waals surface area contributed by atoms with Gasteiger partial charge in [-0.1, -0.05) is 0 Å². The van der Waals surface area contributed by atoms with Gasteiger partial charge in [0.25, 0.3) is 12.5 Å². The van der Waals surface area contributed by atoms with Gasteiger partial charge in [-0.2, -0.15) is 13.2 Å². The van der Waals surface area contributed by atoms with Crippen molar-refractivity contribution in [3.63, 3.8) is 0 Å². The summed E-state index contributed by atoms with van der Waals surface area (Å²) in [6, 6.07) is 0. The van der Waals surface area contributed by atoms with Gasteiger partial charge in [0.05, 0.1) is 5.76 Å². The maximum atomic E-state index is 12.0. The average molecular weight is 218 g/mol. The van der Waals surface area contributed by atoms with E-state index in [-0.39, 0.29) is 5.76 Å². The van der Waals surface area contributed by atoms with Gasteiger partial charge in [0, 0.05) is 0 Å². The van der Waals surface area contributed by atoms with Crippen molar-refractivity contribution < 1.29 is 26.7 Å². The highest BCUT2D eigenvalue weighted by molar-refractivity contribution is 5.00. The van der Waals surface area contributed by atoms with Gasteiger partial charge in [-0.05, 0) is 26.3 Å². The van der Waals surface area contributed by atoms with Crippen LogP contribution in [0.25, 0.3) is 0 Å². The lowest BCUT2D eigenvalue weighted by atomic mass is 10.3. The Bertz CT molecular complexity index is 214. The molecule has 0 rings (SSSR count). The largest absolute Gasteiger partial charge is 0.480 e. The molecule has 0 saturated heterocycles. The summed E-state index contributed by atoms with van der Waals surface area (Å²) in [7, 11) is 0. The third kappa shape index (κ3) is 3.93. The maximum Gasteiger partial charge on any atom is 0.431 e. The van der Waals surface area contributed by atoms with Gasteiger partial charge < -0.3 is 4.74 Å². The summed E-state index contributed by atoms with van der Waals surface area (Å²) in [5.41, 5.74) is 0.430. The summed E-state index contributed by atoms with van der Waals surface area (Å²) in [5.74, 6) is -0.132. The summed E-state index contributed by atoms with van der Waals surface area (Å²) in [6.45, 7) is 4.18. The van der Waals surface area contributed by atoms with E-state index < -0.39 is 18.7 Å². The Balaban J connectivity index is 4.65. The number of alkyl halides is 5. The number of hydrogen-bond donors (Lipinski definition) is 0. The second-order valence-electron chi connectivity index (χ2n) is 2.97. The zero-order valence-electron chi connectivity index (χ0n) is 7.95. The molecule has 0 aromatic rings. The zero-order valence-corrected chi connectivity index (χ0v) is 7.95. The molecular formula is C8H11F5O. The summed E-state index contributed by atoms with van der Waals surface area (Å²) >= 11 is 0. The van der Waals surface area contributed by atoms with Crippen LogP contribution in [-0.4, -0.2) is 18.7 Å². The molecule has 1 nitrogen and oxygen atoms in total. The Morgan fingerprint density at radius 2 is 1.50 bits per heavy atom. The number of ether oxygens (including phenoxy) is 1. The Labute approximate surface area is 78.5 Å². The van der Waals surface area contributed by atoms with Crippen LogP contribution >= 0.6 is 0 Å². The molecule has 0 aliphatic heterocycles. The van der Waals surface area contributed by atoms with Gasteiger partial charge in [0.1, 0.15) is 0 Å². The van der Waals surface area contributed by atoms with Crippen LogP contribution in [0.1, 0.15) is 20.8 Å². The lowest BCUT2D eigenvalue weighted by molar-refractivity contribution is -0.242. The molecule has 1 unspecified atom stereocenters. The standard InChI is InChI=1S/C8H11F5O/c1-4(2)5(3)14-6(7(9)10)8(11,12)13/h6-7H,1-3H3. The van der Waals surface area contributed by atoms with Crippen molar-refractivity contribution in [1.29, 1.82) is 0 Å². The summed E-state index contributed by atoms with van der Waals surface area (Å²) < 4.78 is 63.9. The van der Waals surface area contributed by atoms with Crippen LogP contribution in [-0.2, 0) is 4.74 Å². The first-order valence-electron chi connectivity index (χ1n) is 3.82. The second-order valence-corrected chi connectivity index (χ2v) is 2.97. The molecule has 0 fully saturated rings. The molecule has 0 bridgehead atoms. The lowest BCUT2D eigenvalue weighted by Crippen LogP contribution is -2.37. The first-order valence-corrected chi connectivity index (χ1v) is 3.82. The molecule has 6 heteroatoms. The topological polar surface area (TPSA) is 9.23 Å². The van der Waals surface area contributed by atoms with E-state index in [1.54, 1.807) is 0 Å². The molecule has 0 amide bonds. The number of halogens is 5. The van der Waals surface area contributed by atoms with E-state index in [1.165, 1.54) is 20.8 Å². The van der Waals surface area contributed by atoms with Crippen LogP contribution in [0.4, 0.5) is 22.0 Å². The number of hydrogen-bond acceptors (Lipinski definition) is 1. The maximum absolute atomic E-state index is 12.0. The van der Waals surface area contributed by atoms with E-state index in [2.05, 4.69) is 4.74 Å². The Morgan fingerprint density at radius 3 is 1.71 bits per heavy atom. The Hall–Kier alpha value is -0.810. The quantitative estimate of drug-likeness (QED) is 0.520. The van der Waals surface area contributed by atoms with Crippen LogP contribution in [0.2, 0.25) is 0 Å². The third-order valence-corrected chi connectivity index (χ3v) is 1.56. The zero-order chi connectivity index (χ0) is 11.5. The van der Waals surface area contributed by atoms with E-state index in [0.717, 1.165) is 0 Å². The van der Waals surface area contributed by atoms with Crippen molar-refractivity contribution in [2.75, 3.05) is 0 Å². The molecule has 0 N–H and O–H groups in total. The van der Waals surface area contributed by atoms with Crippen molar-refractivity contribution >= 4 is 0 Å². The van der Waals surface area contributed by atoms with Crippen molar-refractivity contribution in [2.45, 2.75) is 39.5 Å². The van der Waals surface area contributed by atoms with Crippen LogP contribution in [0, 0.1) is 0 Å².